The summed E-state index contributed by atoms with van der Waals surface area (Å²) in [5.74, 6) is 0.659. The summed E-state index contributed by atoms with van der Waals surface area (Å²) >= 11 is 11.5. The topological polar surface area (TPSA) is 15.3 Å². The minimum absolute atomic E-state index is 0.484. The molecule has 2 heterocycles. The van der Waals surface area contributed by atoms with E-state index in [0.717, 1.165) is 15.4 Å². The second-order valence-electron chi connectivity index (χ2n) is 6.01. The smallest absolute Gasteiger partial charge is 0.107 e. The highest BCUT2D eigenvalue weighted by molar-refractivity contribution is 9.10. The Hall–Kier alpha value is 0.390. The quantitative estimate of drug-likeness (QED) is 0.797. The Morgan fingerprint density at radius 3 is 2.85 bits per heavy atom. The van der Waals surface area contributed by atoms with Gasteiger partial charge in [0.25, 0.3) is 0 Å². The minimum atomic E-state index is 0.484. The molecule has 0 bridgehead atoms. The molecule has 1 fully saturated rings. The van der Waals surface area contributed by atoms with Crippen LogP contribution in [-0.4, -0.2) is 31.1 Å². The first-order valence-corrected chi connectivity index (χ1v) is 9.36. The normalized spacial score (nSPS) is 25.1. The van der Waals surface area contributed by atoms with Crippen LogP contribution >= 0.6 is 38.9 Å². The number of nitrogens with one attached hydrogen (secondary N) is 1. The second kappa shape index (κ2) is 7.59. The van der Waals surface area contributed by atoms with E-state index in [-0.39, 0.29) is 0 Å². The van der Waals surface area contributed by atoms with E-state index in [1.807, 2.05) is 0 Å². The van der Waals surface area contributed by atoms with E-state index in [1.54, 1.807) is 11.3 Å². The molecule has 114 valence electrons. The Labute approximate surface area is 140 Å². The molecule has 0 saturated carbocycles. The van der Waals surface area contributed by atoms with Crippen molar-refractivity contribution >= 4 is 38.9 Å². The zero-order valence-corrected chi connectivity index (χ0v) is 15.6. The highest BCUT2D eigenvalue weighted by atomic mass is 79.9. The molecule has 5 heteroatoms. The summed E-state index contributed by atoms with van der Waals surface area (Å²) in [7, 11) is 2.25. The van der Waals surface area contributed by atoms with Crippen LogP contribution in [0, 0.1) is 5.92 Å². The zero-order valence-electron chi connectivity index (χ0n) is 12.5. The van der Waals surface area contributed by atoms with Gasteiger partial charge in [0.2, 0.25) is 0 Å². The lowest BCUT2D eigenvalue weighted by molar-refractivity contribution is 0.190. The van der Waals surface area contributed by atoms with Crippen molar-refractivity contribution in [2.24, 2.45) is 5.92 Å². The number of likely N-dealkylation sites (tertiary alicyclic amines) is 1. The summed E-state index contributed by atoms with van der Waals surface area (Å²) in [6.45, 7) is 6.69. The van der Waals surface area contributed by atoms with Gasteiger partial charge < -0.3 is 5.32 Å². The molecule has 0 aromatic carbocycles. The summed E-state index contributed by atoms with van der Waals surface area (Å²) in [4.78, 5) is 3.90. The average Bonchev–Trinajstić information content (AvgIpc) is 2.60. The molecule has 2 atom stereocenters. The second-order valence-corrected chi connectivity index (χ2v) is 8.55. The van der Waals surface area contributed by atoms with E-state index in [2.05, 4.69) is 53.1 Å². The summed E-state index contributed by atoms with van der Waals surface area (Å²) in [5.41, 5.74) is 0. The van der Waals surface area contributed by atoms with E-state index >= 15 is 0 Å². The Balaban J connectivity index is 2.20. The van der Waals surface area contributed by atoms with Crippen molar-refractivity contribution in [3.63, 3.8) is 0 Å². The van der Waals surface area contributed by atoms with E-state index < -0.39 is 0 Å². The molecule has 2 rings (SSSR count). The van der Waals surface area contributed by atoms with Gasteiger partial charge >= 0.3 is 0 Å². The first-order valence-electron chi connectivity index (χ1n) is 7.37. The van der Waals surface area contributed by atoms with Gasteiger partial charge in [-0.25, -0.2) is 0 Å². The summed E-state index contributed by atoms with van der Waals surface area (Å²) in [6, 6.07) is 3.24. The van der Waals surface area contributed by atoms with Crippen molar-refractivity contribution in [3.8, 4) is 0 Å². The van der Waals surface area contributed by atoms with Crippen LogP contribution in [0.15, 0.2) is 10.5 Å². The summed E-state index contributed by atoms with van der Waals surface area (Å²) in [6.07, 6.45) is 3.92. The molecule has 1 saturated heterocycles. The van der Waals surface area contributed by atoms with Crippen LogP contribution in [0.2, 0.25) is 4.34 Å². The van der Waals surface area contributed by atoms with Crippen LogP contribution in [0.5, 0.6) is 0 Å². The number of hydrogen-bond acceptors (Lipinski definition) is 3. The van der Waals surface area contributed by atoms with E-state index in [9.17, 15) is 0 Å². The van der Waals surface area contributed by atoms with Crippen LogP contribution in [0.4, 0.5) is 0 Å². The number of halogens is 2. The molecule has 20 heavy (non-hydrogen) atoms. The standard InChI is InChI=1S/C15H24BrClN2S/c1-10(2)18-9-11-6-4-5-7-19(3)14(11)13-8-12(16)15(17)20-13/h8,10-11,14,18H,4-7,9H2,1-3H3. The Morgan fingerprint density at radius 2 is 2.25 bits per heavy atom. The van der Waals surface area contributed by atoms with Crippen molar-refractivity contribution in [3.05, 3.63) is 19.8 Å². The first kappa shape index (κ1) is 16.8. The third-order valence-corrected chi connectivity index (χ3v) is 6.55. The van der Waals surface area contributed by atoms with Gasteiger partial charge in [-0.15, -0.1) is 11.3 Å². The van der Waals surface area contributed by atoms with Gasteiger partial charge in [-0.2, -0.15) is 0 Å². The molecule has 1 aromatic heterocycles. The predicted molar refractivity (Wildman–Crippen MR) is 92.9 cm³/mol. The molecule has 1 aromatic rings. The summed E-state index contributed by atoms with van der Waals surface area (Å²) in [5, 5.41) is 3.62. The van der Waals surface area contributed by atoms with Gasteiger partial charge in [-0.05, 0) is 54.3 Å². The van der Waals surface area contributed by atoms with Crippen LogP contribution in [0.1, 0.15) is 44.0 Å². The lowest BCUT2D eigenvalue weighted by atomic mass is 9.93. The van der Waals surface area contributed by atoms with Gasteiger partial charge in [0, 0.05) is 28.0 Å². The maximum atomic E-state index is 6.25. The molecular weight excluding hydrogens is 356 g/mol. The molecule has 1 aliphatic rings. The fourth-order valence-electron chi connectivity index (χ4n) is 2.98. The van der Waals surface area contributed by atoms with Crippen LogP contribution < -0.4 is 5.32 Å². The number of rotatable bonds is 4. The number of thiophene rings is 1. The fraction of sp³-hybridized carbons (Fsp3) is 0.733. The molecule has 0 aliphatic carbocycles. The van der Waals surface area contributed by atoms with Gasteiger partial charge in [-0.1, -0.05) is 31.9 Å². The van der Waals surface area contributed by atoms with Crippen LogP contribution in [-0.2, 0) is 0 Å². The monoisotopic (exact) mass is 378 g/mol. The van der Waals surface area contributed by atoms with Gasteiger partial charge in [0.15, 0.2) is 0 Å². The van der Waals surface area contributed by atoms with Crippen LogP contribution in [0.3, 0.4) is 0 Å². The molecule has 2 unspecified atom stereocenters. The number of nitrogens with zero attached hydrogens (tertiary/aromatic N) is 1. The van der Waals surface area contributed by atoms with Gasteiger partial charge in [0.05, 0.1) is 0 Å². The molecule has 1 aliphatic heterocycles. The third kappa shape index (κ3) is 4.20. The molecule has 0 radical (unpaired) electrons. The Bertz CT molecular complexity index is 416. The molecule has 1 N–H and O–H groups in total. The predicted octanol–water partition coefficient (Wildman–Crippen LogP) is 4.94. The Morgan fingerprint density at radius 1 is 1.50 bits per heavy atom. The lowest BCUT2D eigenvalue weighted by Crippen LogP contribution is -2.36. The van der Waals surface area contributed by atoms with Crippen molar-refractivity contribution in [2.75, 3.05) is 20.1 Å². The van der Waals surface area contributed by atoms with E-state index in [4.69, 9.17) is 11.6 Å². The largest absolute Gasteiger partial charge is 0.314 e. The number of hydrogen-bond donors (Lipinski definition) is 1. The molecule has 0 amide bonds. The Kier molecular flexibility index (Phi) is 6.36. The van der Waals surface area contributed by atoms with E-state index in [0.29, 0.717) is 18.0 Å². The minimum Gasteiger partial charge on any atom is -0.314 e. The first-order chi connectivity index (χ1) is 9.49. The van der Waals surface area contributed by atoms with Crippen LogP contribution in [0.25, 0.3) is 0 Å². The molecule has 2 nitrogen and oxygen atoms in total. The molecular formula is C15H24BrClN2S. The highest BCUT2D eigenvalue weighted by Crippen LogP contribution is 2.42. The SMILES string of the molecule is CC(C)NCC1CCCCN(C)C1c1cc(Br)c(Cl)s1. The fourth-order valence-corrected chi connectivity index (χ4v) is 4.98. The summed E-state index contributed by atoms with van der Waals surface area (Å²) < 4.78 is 1.90. The lowest BCUT2D eigenvalue weighted by Gasteiger charge is -2.32. The van der Waals surface area contributed by atoms with Crippen molar-refractivity contribution in [2.45, 2.75) is 45.2 Å². The average molecular weight is 380 g/mol. The van der Waals surface area contributed by atoms with Gasteiger partial charge in [-0.3, -0.25) is 4.90 Å². The van der Waals surface area contributed by atoms with Crippen molar-refractivity contribution in [1.82, 2.24) is 10.2 Å². The highest BCUT2D eigenvalue weighted by Gasteiger charge is 2.30. The zero-order chi connectivity index (χ0) is 14.7. The maximum Gasteiger partial charge on any atom is 0.107 e. The van der Waals surface area contributed by atoms with Crippen molar-refractivity contribution in [1.29, 1.82) is 0 Å². The van der Waals surface area contributed by atoms with Crippen molar-refractivity contribution < 1.29 is 0 Å². The molecule has 0 spiro atoms. The van der Waals surface area contributed by atoms with E-state index in [1.165, 1.54) is 30.7 Å². The third-order valence-electron chi connectivity index (χ3n) is 4.00. The van der Waals surface area contributed by atoms with Gasteiger partial charge in [0.1, 0.15) is 4.34 Å². The maximum absolute atomic E-state index is 6.25.